The zero-order valence-corrected chi connectivity index (χ0v) is 19.9. The van der Waals surface area contributed by atoms with E-state index in [-0.39, 0.29) is 12.5 Å². The maximum absolute atomic E-state index is 12.4. The van der Waals surface area contributed by atoms with Gasteiger partial charge >= 0.3 is 11.8 Å². The summed E-state index contributed by atoms with van der Waals surface area (Å²) in [6.45, 7) is 5.62. The Bertz CT molecular complexity index is 1250. The minimum absolute atomic E-state index is 0.205. The van der Waals surface area contributed by atoms with Crippen LogP contribution in [0.5, 0.6) is 5.75 Å². The van der Waals surface area contributed by atoms with Crippen LogP contribution in [0.4, 0.5) is 11.4 Å². The van der Waals surface area contributed by atoms with E-state index in [0.29, 0.717) is 17.0 Å². The summed E-state index contributed by atoms with van der Waals surface area (Å²) < 4.78 is 5.66. The molecule has 0 unspecified atom stereocenters. The van der Waals surface area contributed by atoms with Crippen LogP contribution in [0.3, 0.4) is 0 Å². The molecular formula is C27H28N4O4. The molecule has 35 heavy (non-hydrogen) atoms. The lowest BCUT2D eigenvalue weighted by Crippen LogP contribution is -2.32. The monoisotopic (exact) mass is 472 g/mol. The van der Waals surface area contributed by atoms with Gasteiger partial charge in [-0.2, -0.15) is 5.10 Å². The Morgan fingerprint density at radius 3 is 2.43 bits per heavy atom. The van der Waals surface area contributed by atoms with Crippen LogP contribution in [0.25, 0.3) is 0 Å². The van der Waals surface area contributed by atoms with Gasteiger partial charge in [0.2, 0.25) is 0 Å². The van der Waals surface area contributed by atoms with E-state index in [1.165, 1.54) is 6.21 Å². The van der Waals surface area contributed by atoms with E-state index in [2.05, 4.69) is 21.2 Å². The molecule has 8 heteroatoms. The number of rotatable bonds is 8. The molecule has 0 aliphatic carbocycles. The average molecular weight is 473 g/mol. The van der Waals surface area contributed by atoms with Gasteiger partial charge in [-0.15, -0.1) is 0 Å². The highest BCUT2D eigenvalue weighted by molar-refractivity contribution is 6.39. The summed E-state index contributed by atoms with van der Waals surface area (Å²) in [5, 5.41) is 9.29. The molecule has 0 atom stereocenters. The summed E-state index contributed by atoms with van der Waals surface area (Å²) >= 11 is 0. The Morgan fingerprint density at radius 1 is 0.886 bits per heavy atom. The van der Waals surface area contributed by atoms with Crippen LogP contribution < -0.4 is 20.8 Å². The molecule has 0 fully saturated rings. The van der Waals surface area contributed by atoms with Crippen LogP contribution in [-0.2, 0) is 20.8 Å². The average Bonchev–Trinajstić information content (AvgIpc) is 2.86. The Kier molecular flexibility index (Phi) is 8.72. The topological polar surface area (TPSA) is 109 Å². The van der Waals surface area contributed by atoms with Crippen molar-refractivity contribution in [2.45, 2.75) is 27.2 Å². The Labute approximate surface area is 204 Å². The van der Waals surface area contributed by atoms with E-state index >= 15 is 0 Å². The normalized spacial score (nSPS) is 10.6. The second-order valence-corrected chi connectivity index (χ2v) is 7.86. The Hall–Kier alpha value is -4.46. The number of carbonyl (C=O) groups excluding carboxylic acids is 3. The van der Waals surface area contributed by atoms with E-state index < -0.39 is 11.8 Å². The van der Waals surface area contributed by atoms with Crippen LogP contribution >= 0.6 is 0 Å². The highest BCUT2D eigenvalue weighted by Crippen LogP contribution is 2.18. The number of carbonyl (C=O) groups is 3. The molecule has 3 amide bonds. The van der Waals surface area contributed by atoms with Crippen LogP contribution in [-0.4, -0.2) is 30.5 Å². The molecule has 0 aromatic heterocycles. The SMILES string of the molecule is CCc1ccccc1NC(=O)C(=O)N/N=C\c1ccccc1OCC(=O)Nc1cc(C)ccc1C. The van der Waals surface area contributed by atoms with E-state index in [0.717, 1.165) is 28.8 Å². The van der Waals surface area contributed by atoms with Crippen molar-refractivity contribution in [2.24, 2.45) is 5.10 Å². The van der Waals surface area contributed by atoms with Crippen molar-refractivity contribution in [1.82, 2.24) is 5.43 Å². The summed E-state index contributed by atoms with van der Waals surface area (Å²) in [7, 11) is 0. The fourth-order valence-corrected chi connectivity index (χ4v) is 3.26. The number of para-hydroxylation sites is 2. The quantitative estimate of drug-likeness (QED) is 0.262. The minimum Gasteiger partial charge on any atom is -0.483 e. The molecule has 0 heterocycles. The largest absolute Gasteiger partial charge is 0.483 e. The summed E-state index contributed by atoms with van der Waals surface area (Å²) in [6, 6.07) is 20.0. The summed E-state index contributed by atoms with van der Waals surface area (Å²) in [4.78, 5) is 36.7. The van der Waals surface area contributed by atoms with E-state index in [1.54, 1.807) is 36.4 Å². The maximum Gasteiger partial charge on any atom is 0.329 e. The fraction of sp³-hybridized carbons (Fsp3) is 0.185. The zero-order valence-electron chi connectivity index (χ0n) is 19.9. The van der Waals surface area contributed by atoms with Crippen molar-refractivity contribution >= 4 is 35.3 Å². The molecule has 0 aliphatic heterocycles. The summed E-state index contributed by atoms with van der Waals surface area (Å²) in [5.41, 5.74) is 6.97. The molecule has 3 rings (SSSR count). The Balaban J connectivity index is 1.56. The molecule has 8 nitrogen and oxygen atoms in total. The first-order valence-corrected chi connectivity index (χ1v) is 11.2. The second kappa shape index (κ2) is 12.1. The van der Waals surface area contributed by atoms with E-state index in [4.69, 9.17) is 4.74 Å². The highest BCUT2D eigenvalue weighted by Gasteiger charge is 2.14. The van der Waals surface area contributed by atoms with Crippen LogP contribution in [0, 0.1) is 13.8 Å². The summed E-state index contributed by atoms with van der Waals surface area (Å²) in [6.07, 6.45) is 2.07. The standard InChI is InChI=1S/C27H28N4O4/c1-4-20-9-5-7-11-22(20)30-26(33)27(34)31-28-16-21-10-6-8-12-24(21)35-17-25(32)29-23-15-18(2)13-14-19(23)3/h5-16H,4,17H2,1-3H3,(H,29,32)(H,30,33)(H,31,34)/b28-16-. The van der Waals surface area contributed by atoms with Crippen molar-refractivity contribution in [3.8, 4) is 5.75 Å². The predicted molar refractivity (Wildman–Crippen MR) is 137 cm³/mol. The molecule has 0 spiro atoms. The number of hydrogen-bond acceptors (Lipinski definition) is 5. The first-order valence-electron chi connectivity index (χ1n) is 11.2. The zero-order chi connectivity index (χ0) is 25.2. The molecule has 180 valence electrons. The van der Waals surface area contributed by atoms with Gasteiger partial charge in [-0.05, 0) is 61.2 Å². The lowest BCUT2D eigenvalue weighted by atomic mass is 10.1. The van der Waals surface area contributed by atoms with Gasteiger partial charge in [0, 0.05) is 16.9 Å². The molecular weight excluding hydrogens is 444 g/mol. The lowest BCUT2D eigenvalue weighted by molar-refractivity contribution is -0.136. The minimum atomic E-state index is -0.904. The Morgan fingerprint density at radius 2 is 1.63 bits per heavy atom. The molecule has 0 saturated carbocycles. The number of anilines is 2. The van der Waals surface area contributed by atoms with Crippen LogP contribution in [0.1, 0.15) is 29.2 Å². The molecule has 0 bridgehead atoms. The number of benzene rings is 3. The number of amides is 3. The van der Waals surface area contributed by atoms with Gasteiger partial charge in [0.25, 0.3) is 5.91 Å². The molecule has 0 aliphatic rings. The number of nitrogens with one attached hydrogen (secondary N) is 3. The van der Waals surface area contributed by atoms with Gasteiger partial charge in [-0.1, -0.05) is 49.4 Å². The highest BCUT2D eigenvalue weighted by atomic mass is 16.5. The lowest BCUT2D eigenvalue weighted by Gasteiger charge is -2.11. The van der Waals surface area contributed by atoms with Crippen molar-refractivity contribution in [1.29, 1.82) is 0 Å². The predicted octanol–water partition coefficient (Wildman–Crippen LogP) is 3.97. The number of hydrogen-bond donors (Lipinski definition) is 3. The number of aryl methyl sites for hydroxylation is 3. The third-order valence-corrected chi connectivity index (χ3v) is 5.17. The second-order valence-electron chi connectivity index (χ2n) is 7.86. The van der Waals surface area contributed by atoms with Gasteiger partial charge in [0.1, 0.15) is 5.75 Å². The van der Waals surface area contributed by atoms with Crippen molar-refractivity contribution in [3.05, 3.63) is 89.0 Å². The third-order valence-electron chi connectivity index (χ3n) is 5.17. The maximum atomic E-state index is 12.4. The smallest absolute Gasteiger partial charge is 0.329 e. The molecule has 0 saturated heterocycles. The molecule has 3 N–H and O–H groups in total. The summed E-state index contributed by atoms with van der Waals surface area (Å²) in [5.74, 6) is -1.63. The van der Waals surface area contributed by atoms with Gasteiger partial charge in [0.05, 0.1) is 6.21 Å². The number of nitrogens with zero attached hydrogens (tertiary/aromatic N) is 1. The van der Waals surface area contributed by atoms with Crippen LogP contribution in [0.15, 0.2) is 71.8 Å². The van der Waals surface area contributed by atoms with Gasteiger partial charge in [0.15, 0.2) is 6.61 Å². The van der Waals surface area contributed by atoms with Crippen molar-refractivity contribution in [3.63, 3.8) is 0 Å². The first-order chi connectivity index (χ1) is 16.9. The van der Waals surface area contributed by atoms with Gasteiger partial charge < -0.3 is 15.4 Å². The molecule has 0 radical (unpaired) electrons. The van der Waals surface area contributed by atoms with Gasteiger partial charge in [-0.25, -0.2) is 5.43 Å². The fourth-order valence-electron chi connectivity index (χ4n) is 3.26. The number of ether oxygens (including phenoxy) is 1. The van der Waals surface area contributed by atoms with Crippen LogP contribution in [0.2, 0.25) is 0 Å². The van der Waals surface area contributed by atoms with Gasteiger partial charge in [-0.3, -0.25) is 14.4 Å². The number of hydrazone groups is 1. The third kappa shape index (κ3) is 7.26. The van der Waals surface area contributed by atoms with E-state index in [9.17, 15) is 14.4 Å². The van der Waals surface area contributed by atoms with Crippen molar-refractivity contribution in [2.75, 3.05) is 17.2 Å². The van der Waals surface area contributed by atoms with E-state index in [1.807, 2.05) is 51.1 Å². The molecule has 3 aromatic rings. The molecule has 3 aromatic carbocycles. The first kappa shape index (κ1) is 25.2. The van der Waals surface area contributed by atoms with Crippen molar-refractivity contribution < 1.29 is 19.1 Å².